The van der Waals surface area contributed by atoms with E-state index >= 15 is 0 Å². The monoisotopic (exact) mass is 238 g/mol. The van der Waals surface area contributed by atoms with E-state index in [1.165, 1.54) is 0 Å². The molecule has 1 fully saturated rings. The zero-order chi connectivity index (χ0) is 11.9. The summed E-state index contributed by atoms with van der Waals surface area (Å²) in [6.45, 7) is 0. The highest BCUT2D eigenvalue weighted by atomic mass is 31.2. The number of rotatable bonds is 5. The molecular weight excluding hydrogens is 227 g/mol. The van der Waals surface area contributed by atoms with Gasteiger partial charge in [-0.2, -0.15) is 0 Å². The van der Waals surface area contributed by atoms with E-state index in [-0.39, 0.29) is 0 Å². The highest BCUT2D eigenvalue weighted by Crippen LogP contribution is 2.53. The minimum absolute atomic E-state index is 0.374. The van der Waals surface area contributed by atoms with Crippen LogP contribution in [0.3, 0.4) is 0 Å². The third kappa shape index (κ3) is 2.37. The van der Waals surface area contributed by atoms with Crippen molar-refractivity contribution in [3.05, 3.63) is 0 Å². The van der Waals surface area contributed by atoms with Crippen molar-refractivity contribution in [1.29, 1.82) is 0 Å². The van der Waals surface area contributed by atoms with Gasteiger partial charge < -0.3 is 20.0 Å². The molecule has 1 aliphatic rings. The van der Waals surface area contributed by atoms with E-state index in [1.54, 1.807) is 0 Å². The lowest BCUT2D eigenvalue weighted by Gasteiger charge is -2.24. The third-order valence-corrected chi connectivity index (χ3v) is 3.40. The molecule has 0 radical (unpaired) electrons. The average molecular weight is 238 g/mol. The van der Waals surface area contributed by atoms with Gasteiger partial charge in [-0.25, -0.2) is 0 Å². The summed E-state index contributed by atoms with van der Waals surface area (Å²) < 4.78 is 10.8. The highest BCUT2D eigenvalue weighted by molar-refractivity contribution is 7.51. The Hall–Kier alpha value is -0.910. The SMILES string of the molecule is O=C(O)C(CP(=O)(O)O)(C(=O)O)C1CC1. The predicted octanol–water partition coefficient (Wildman–Crippen LogP) is -0.270. The van der Waals surface area contributed by atoms with Crippen LogP contribution in [0.15, 0.2) is 0 Å². The van der Waals surface area contributed by atoms with Crippen molar-refractivity contribution < 1.29 is 34.2 Å². The van der Waals surface area contributed by atoms with Gasteiger partial charge in [0.05, 0.1) is 6.16 Å². The Morgan fingerprint density at radius 1 is 1.20 bits per heavy atom. The van der Waals surface area contributed by atoms with Crippen molar-refractivity contribution in [2.24, 2.45) is 11.3 Å². The number of carboxylic acid groups (broad SMARTS) is 2. The molecule has 0 spiro atoms. The summed E-state index contributed by atoms with van der Waals surface area (Å²) in [4.78, 5) is 39.2. The van der Waals surface area contributed by atoms with E-state index < -0.39 is 37.0 Å². The molecule has 7 nitrogen and oxygen atoms in total. The van der Waals surface area contributed by atoms with E-state index in [1.807, 2.05) is 0 Å². The molecule has 0 heterocycles. The second-order valence-electron chi connectivity index (χ2n) is 3.68. The number of aliphatic carboxylic acids is 2. The molecule has 0 aliphatic heterocycles. The normalized spacial score (nSPS) is 17.5. The zero-order valence-electron chi connectivity index (χ0n) is 7.66. The summed E-state index contributed by atoms with van der Waals surface area (Å²) in [5.41, 5.74) is -2.33. The van der Waals surface area contributed by atoms with E-state index in [0.717, 1.165) is 0 Å². The van der Waals surface area contributed by atoms with Crippen LogP contribution in [0.25, 0.3) is 0 Å². The summed E-state index contributed by atoms with van der Waals surface area (Å²) in [7, 11) is -4.67. The van der Waals surface area contributed by atoms with Crippen molar-refractivity contribution in [1.82, 2.24) is 0 Å². The molecule has 0 aromatic carbocycles. The number of hydrogen-bond donors (Lipinski definition) is 4. The second-order valence-corrected chi connectivity index (χ2v) is 5.32. The van der Waals surface area contributed by atoms with Gasteiger partial charge in [-0.05, 0) is 18.8 Å². The highest BCUT2D eigenvalue weighted by Gasteiger charge is 2.60. The average Bonchev–Trinajstić information content (AvgIpc) is 2.79. The lowest BCUT2D eigenvalue weighted by atomic mass is 9.85. The van der Waals surface area contributed by atoms with Crippen LogP contribution in [0.5, 0.6) is 0 Å². The van der Waals surface area contributed by atoms with Gasteiger partial charge >= 0.3 is 19.5 Å². The number of hydrogen-bond acceptors (Lipinski definition) is 3. The second kappa shape index (κ2) is 3.59. The maximum atomic E-state index is 10.9. The first-order valence-electron chi connectivity index (χ1n) is 4.21. The summed E-state index contributed by atoms with van der Waals surface area (Å²) in [5.74, 6) is -4.04. The first-order chi connectivity index (χ1) is 6.70. The molecule has 15 heavy (non-hydrogen) atoms. The van der Waals surface area contributed by atoms with Crippen molar-refractivity contribution in [3.8, 4) is 0 Å². The molecule has 0 atom stereocenters. The van der Waals surface area contributed by atoms with Gasteiger partial charge in [0, 0.05) is 0 Å². The van der Waals surface area contributed by atoms with E-state index in [9.17, 15) is 14.2 Å². The largest absolute Gasteiger partial charge is 0.480 e. The number of carbonyl (C=O) groups is 2. The maximum Gasteiger partial charge on any atom is 0.327 e. The quantitative estimate of drug-likeness (QED) is 0.382. The fourth-order valence-electron chi connectivity index (χ4n) is 1.61. The van der Waals surface area contributed by atoms with Gasteiger partial charge in [-0.1, -0.05) is 0 Å². The molecule has 0 bridgehead atoms. The van der Waals surface area contributed by atoms with Gasteiger partial charge in [0.2, 0.25) is 0 Å². The molecule has 0 aromatic rings. The molecule has 8 heteroatoms. The third-order valence-electron chi connectivity index (χ3n) is 2.49. The van der Waals surface area contributed by atoms with Gasteiger partial charge in [-0.3, -0.25) is 14.2 Å². The molecule has 4 N–H and O–H groups in total. The van der Waals surface area contributed by atoms with Crippen molar-refractivity contribution >= 4 is 19.5 Å². The Kier molecular flexibility index (Phi) is 2.91. The van der Waals surface area contributed by atoms with Crippen LogP contribution in [0, 0.1) is 11.3 Å². The van der Waals surface area contributed by atoms with Gasteiger partial charge in [0.25, 0.3) is 0 Å². The van der Waals surface area contributed by atoms with Crippen molar-refractivity contribution in [2.75, 3.05) is 6.16 Å². The van der Waals surface area contributed by atoms with Gasteiger partial charge in [0.15, 0.2) is 5.41 Å². The number of carboxylic acids is 2. The Morgan fingerprint density at radius 3 is 1.80 bits per heavy atom. The molecule has 0 saturated heterocycles. The molecule has 1 rings (SSSR count). The fourth-order valence-corrected chi connectivity index (χ4v) is 2.78. The molecule has 86 valence electrons. The summed E-state index contributed by atoms with van der Waals surface area (Å²) in [6, 6.07) is 0. The van der Waals surface area contributed by atoms with Crippen LogP contribution in [0.1, 0.15) is 12.8 Å². The summed E-state index contributed by atoms with van der Waals surface area (Å²) in [5, 5.41) is 17.7. The standard InChI is InChI=1S/C7H11O7P/c8-5(9)7(6(10)11,4-1-2-4)3-15(12,13)14/h4H,1-3H2,(H,8,9)(H,10,11)(H2,12,13,14). The summed E-state index contributed by atoms with van der Waals surface area (Å²) in [6.07, 6.45) is -0.396. The zero-order valence-corrected chi connectivity index (χ0v) is 8.55. The lowest BCUT2D eigenvalue weighted by Crippen LogP contribution is -2.44. The Morgan fingerprint density at radius 2 is 1.60 bits per heavy atom. The van der Waals surface area contributed by atoms with Crippen molar-refractivity contribution in [3.63, 3.8) is 0 Å². The van der Waals surface area contributed by atoms with E-state index in [2.05, 4.69) is 0 Å². The van der Waals surface area contributed by atoms with Crippen molar-refractivity contribution in [2.45, 2.75) is 12.8 Å². The first kappa shape index (κ1) is 12.2. The van der Waals surface area contributed by atoms with Gasteiger partial charge in [-0.15, -0.1) is 0 Å². The van der Waals surface area contributed by atoms with Crippen LogP contribution < -0.4 is 0 Å². The van der Waals surface area contributed by atoms with E-state index in [4.69, 9.17) is 20.0 Å². The molecule has 1 aliphatic carbocycles. The molecule has 1 saturated carbocycles. The molecule has 0 aromatic heterocycles. The van der Waals surface area contributed by atoms with Crippen LogP contribution in [0.4, 0.5) is 0 Å². The van der Waals surface area contributed by atoms with E-state index in [0.29, 0.717) is 12.8 Å². The van der Waals surface area contributed by atoms with Crippen LogP contribution in [0.2, 0.25) is 0 Å². The Labute approximate surface area is 84.9 Å². The lowest BCUT2D eigenvalue weighted by molar-refractivity contribution is -0.164. The molecule has 0 unspecified atom stereocenters. The summed E-state index contributed by atoms with van der Waals surface area (Å²) >= 11 is 0. The minimum atomic E-state index is -4.67. The topological polar surface area (TPSA) is 132 Å². The van der Waals surface area contributed by atoms with Crippen LogP contribution in [-0.2, 0) is 14.2 Å². The molecule has 0 amide bonds. The maximum absolute atomic E-state index is 10.9. The van der Waals surface area contributed by atoms with Gasteiger partial charge in [0.1, 0.15) is 0 Å². The first-order valence-corrected chi connectivity index (χ1v) is 6.01. The Bertz CT molecular complexity index is 325. The minimum Gasteiger partial charge on any atom is -0.480 e. The smallest absolute Gasteiger partial charge is 0.327 e. The van der Waals surface area contributed by atoms with Crippen LogP contribution in [-0.4, -0.2) is 38.1 Å². The Balaban J connectivity index is 3.08. The fraction of sp³-hybridized carbons (Fsp3) is 0.714. The van der Waals surface area contributed by atoms with Crippen LogP contribution >= 0.6 is 7.60 Å². The predicted molar refractivity (Wildman–Crippen MR) is 47.3 cm³/mol. The molecular formula is C7H11O7P.